The Bertz CT molecular complexity index is 8000. The molecule has 17 aromatic carbocycles. The van der Waals surface area contributed by atoms with E-state index in [2.05, 4.69) is 334 Å². The summed E-state index contributed by atoms with van der Waals surface area (Å²) in [6, 6.07) is 130. The summed E-state index contributed by atoms with van der Waals surface area (Å²) in [5, 5.41) is 0. The van der Waals surface area contributed by atoms with E-state index in [9.17, 15) is 25.3 Å². The van der Waals surface area contributed by atoms with E-state index in [1.54, 1.807) is 96.7 Å². The van der Waals surface area contributed by atoms with E-state index in [4.69, 9.17) is 0 Å². The summed E-state index contributed by atoms with van der Waals surface area (Å²) in [5.74, 6) is 0. The van der Waals surface area contributed by atoms with Crippen LogP contribution >= 0.6 is 35.3 Å². The van der Waals surface area contributed by atoms with E-state index in [1.165, 1.54) is 120 Å². The molecule has 9 nitrogen and oxygen atoms in total. The first-order valence-corrected chi connectivity index (χ1v) is 52.7. The van der Waals surface area contributed by atoms with Gasteiger partial charge >= 0.3 is 0 Å². The third-order valence-corrected chi connectivity index (χ3v) is 38.0. The summed E-state index contributed by atoms with van der Waals surface area (Å²) in [6.07, 6.45) is 0. The normalized spacial score (nSPS) is 16.3. The van der Waals surface area contributed by atoms with E-state index in [1.807, 2.05) is 84.2 Å². The van der Waals surface area contributed by atoms with Gasteiger partial charge in [-0.15, -0.1) is 0 Å². The van der Waals surface area contributed by atoms with Gasteiger partial charge in [0.2, 0.25) is 29.5 Å². The Morgan fingerprint density at radius 2 is 0.452 bits per heavy atom. The largest absolute Gasteiger partial charge is 0.310 e. The highest BCUT2D eigenvalue weighted by atomic mass is 32.2. The van der Waals surface area contributed by atoms with Gasteiger partial charge in [0.25, 0.3) is 0 Å². The molecule has 0 atom stereocenters. The fourth-order valence-electron chi connectivity index (χ4n) is 21.7. The van der Waals surface area contributed by atoms with Crippen molar-refractivity contribution in [2.45, 2.75) is 174 Å². The van der Waals surface area contributed by atoms with E-state index in [0.29, 0.717) is 29.4 Å². The van der Waals surface area contributed by atoms with E-state index in [-0.39, 0.29) is 27.1 Å². The number of para-hydroxylation sites is 6. The van der Waals surface area contributed by atoms with Crippen molar-refractivity contribution in [3.63, 3.8) is 0 Å². The molecule has 0 radical (unpaired) electrons. The minimum Gasteiger partial charge on any atom is -0.310 e. The van der Waals surface area contributed by atoms with E-state index in [0.717, 1.165) is 60.9 Å². The Labute approximate surface area is 805 Å². The SMILES string of the molecule is CC1(C)c2cc(-c3ccc(S(=O)(=O)c4ccccc4)cc3)ccc2Sc2ccc(N3c4ccccc4C(C)(C)c4ccccc43)cc21.CC1(C)c2cc(-c3ccc4c(c3)-c3ccccc3S4(=O)=O)ccc2Sc2ccc(N3c4ccccc4C(C)(C)c4ccccc43)cc21.CC1(C)c2cc(N3c4ccccc4C(C)(C)c4ccccc43)ccc2Sc2ccc(S(=O)(=O)c3ccccc3)cc21. The molecular formula is C120H99N3O6S6. The topological polar surface area (TPSA) is 112 Å². The molecule has 7 aliphatic rings. The molecule has 15 heteroatoms. The summed E-state index contributed by atoms with van der Waals surface area (Å²) in [6.45, 7) is 27.6. The van der Waals surface area contributed by atoms with Gasteiger partial charge in [-0.2, -0.15) is 0 Å². The fourth-order valence-corrected chi connectivity index (χ4v) is 30.0. The minimum absolute atomic E-state index is 0.105. The Morgan fingerprint density at radius 3 is 0.822 bits per heavy atom. The maximum Gasteiger partial charge on any atom is 0.207 e. The van der Waals surface area contributed by atoms with Gasteiger partial charge in [0.15, 0.2) is 0 Å². The summed E-state index contributed by atoms with van der Waals surface area (Å²) < 4.78 is 79.8. The average molecular weight is 1870 g/mol. The van der Waals surface area contributed by atoms with Crippen LogP contribution in [0.5, 0.6) is 0 Å². The van der Waals surface area contributed by atoms with Crippen LogP contribution < -0.4 is 14.7 Å². The molecule has 0 saturated heterocycles. The summed E-state index contributed by atoms with van der Waals surface area (Å²) in [7, 11) is -10.7. The van der Waals surface area contributed by atoms with Gasteiger partial charge in [-0.3, -0.25) is 0 Å². The van der Waals surface area contributed by atoms with Crippen molar-refractivity contribution in [2.24, 2.45) is 0 Å². The number of hydrogen-bond donors (Lipinski definition) is 0. The van der Waals surface area contributed by atoms with Gasteiger partial charge in [-0.25, -0.2) is 25.3 Å². The molecule has 0 unspecified atom stereocenters. The van der Waals surface area contributed by atoms with Crippen LogP contribution in [0.25, 0.3) is 33.4 Å². The molecular weight excluding hydrogens is 1770 g/mol. The van der Waals surface area contributed by atoms with Crippen molar-refractivity contribution >= 4 is 116 Å². The maximum absolute atomic E-state index is 13.5. The predicted octanol–water partition coefficient (Wildman–Crippen LogP) is 31.6. The standard InChI is InChI=1S/C42H33NO2S2.C42H35NO2S2.C36H31NO2S2/c1-41(2)31-12-6-8-14-35(31)43(36-15-9-7-13-32(36)41)28-19-21-38-34(25-28)42(3,4)33-24-27(17-20-37(33)46-38)26-18-22-40-30(23-26)29-11-5-10-16-39(29)47(40,44)45;1-41(2)33-14-8-10-16-37(33)43(38-17-11-9-15-34(38)41)30-21-25-40-36(27-30)42(3,4)35-26-29(20-24-39(35)46-40)28-18-22-32(23-19-28)47(44,45)31-12-6-5-7-13-31;1-35(2)27-14-8-10-16-31(27)37(32-17-11-9-15-28(32)35)24-18-20-33-29(22-24)36(3,4)30-23-26(19-21-34(30)40-33)41(38,39)25-12-6-5-7-13-25/h5-25H,1-4H3;5-27H,1-4H3;5-23H,1-4H3. The lowest BCUT2D eigenvalue weighted by atomic mass is 9.73. The molecule has 24 rings (SSSR count). The van der Waals surface area contributed by atoms with Gasteiger partial charge in [-0.05, 0) is 277 Å². The molecule has 0 saturated carbocycles. The molecule has 0 aliphatic carbocycles. The van der Waals surface area contributed by atoms with Crippen molar-refractivity contribution in [1.82, 2.24) is 0 Å². The van der Waals surface area contributed by atoms with Crippen molar-refractivity contribution in [3.05, 3.63) is 449 Å². The lowest BCUT2D eigenvalue weighted by Gasteiger charge is -2.42. The number of hydrogen-bond acceptors (Lipinski definition) is 12. The number of benzene rings is 17. The molecule has 135 heavy (non-hydrogen) atoms. The fraction of sp³-hybridized carbons (Fsp3) is 0.150. The number of nitrogens with zero attached hydrogens (tertiary/aromatic N) is 3. The van der Waals surface area contributed by atoms with Crippen LogP contribution in [-0.4, -0.2) is 25.3 Å². The van der Waals surface area contributed by atoms with Gasteiger partial charge in [0.05, 0.1) is 63.5 Å². The van der Waals surface area contributed by atoms with Gasteiger partial charge in [-0.1, -0.05) is 312 Å². The van der Waals surface area contributed by atoms with Crippen molar-refractivity contribution in [2.75, 3.05) is 14.7 Å². The zero-order chi connectivity index (χ0) is 93.4. The molecule has 7 aliphatic heterocycles. The quantitative estimate of drug-likeness (QED) is 0.137. The van der Waals surface area contributed by atoms with Crippen molar-refractivity contribution < 1.29 is 25.3 Å². The monoisotopic (exact) mass is 1870 g/mol. The van der Waals surface area contributed by atoms with Crippen LogP contribution in [0.4, 0.5) is 51.2 Å². The van der Waals surface area contributed by atoms with Crippen LogP contribution in [0, 0.1) is 0 Å². The molecule has 666 valence electrons. The molecule has 0 bridgehead atoms. The average Bonchev–Trinajstić information content (AvgIpc) is 1.47. The summed E-state index contributed by atoms with van der Waals surface area (Å²) in [5.41, 5.74) is 30.4. The Kier molecular flexibility index (Phi) is 20.8. The highest BCUT2D eigenvalue weighted by Gasteiger charge is 2.45. The smallest absolute Gasteiger partial charge is 0.207 e. The lowest BCUT2D eigenvalue weighted by molar-refractivity contribution is 0.589. The van der Waals surface area contributed by atoms with Gasteiger partial charge in [0.1, 0.15) is 0 Å². The Morgan fingerprint density at radius 1 is 0.207 bits per heavy atom. The van der Waals surface area contributed by atoms with E-state index < -0.39 is 34.9 Å². The van der Waals surface area contributed by atoms with Crippen molar-refractivity contribution in [1.29, 1.82) is 0 Å². The minimum atomic E-state index is -3.62. The zero-order valence-electron chi connectivity index (χ0n) is 77.1. The second-order valence-electron chi connectivity index (χ2n) is 39.2. The summed E-state index contributed by atoms with van der Waals surface area (Å²) >= 11 is 5.36. The molecule has 0 aromatic heterocycles. The van der Waals surface area contributed by atoms with E-state index >= 15 is 0 Å². The molecule has 0 spiro atoms. The number of anilines is 9. The van der Waals surface area contributed by atoms with Crippen LogP contribution in [0.2, 0.25) is 0 Å². The first-order valence-electron chi connectivity index (χ1n) is 45.8. The molecule has 0 amide bonds. The van der Waals surface area contributed by atoms with Gasteiger partial charge < -0.3 is 14.7 Å². The van der Waals surface area contributed by atoms with Gasteiger partial charge in [0, 0.05) is 90.1 Å². The second-order valence-corrected chi connectivity index (χ2v) is 48.2. The number of rotatable bonds is 9. The third-order valence-electron chi connectivity index (χ3n) is 29.2. The molecule has 0 fully saturated rings. The maximum atomic E-state index is 13.5. The highest BCUT2D eigenvalue weighted by molar-refractivity contribution is 8.00. The molecule has 0 N–H and O–H groups in total. The number of sulfone groups is 3. The van der Waals surface area contributed by atoms with Crippen LogP contribution in [-0.2, 0) is 62.0 Å². The molecule has 17 aromatic rings. The first-order chi connectivity index (χ1) is 64.7. The molecule has 7 heterocycles. The lowest BCUT2D eigenvalue weighted by Crippen LogP contribution is -2.31. The zero-order valence-corrected chi connectivity index (χ0v) is 82.0. The summed E-state index contributed by atoms with van der Waals surface area (Å²) in [4.78, 5) is 16.6. The highest BCUT2D eigenvalue weighted by Crippen LogP contribution is 2.61. The Balaban J connectivity index is 0.000000118. The first kappa shape index (κ1) is 87.4. The van der Waals surface area contributed by atoms with Crippen molar-refractivity contribution in [3.8, 4) is 33.4 Å². The Hall–Kier alpha value is -13.0. The van der Waals surface area contributed by atoms with Crippen LogP contribution in [0.1, 0.15) is 150 Å². The van der Waals surface area contributed by atoms with Crippen LogP contribution in [0.3, 0.4) is 0 Å². The second kappa shape index (κ2) is 32.1. The third kappa shape index (κ3) is 14.1. The number of fused-ring (bicyclic) bond motifs is 15. The van der Waals surface area contributed by atoms with Crippen LogP contribution in [0.15, 0.2) is 441 Å². The predicted molar refractivity (Wildman–Crippen MR) is 553 cm³/mol.